The molecule has 25 heavy (non-hydrogen) atoms. The Labute approximate surface area is 192 Å². The summed E-state index contributed by atoms with van der Waals surface area (Å²) >= 11 is 19.9. The first-order valence-electron chi connectivity index (χ1n) is 9.36. The van der Waals surface area contributed by atoms with E-state index in [0.29, 0.717) is 8.64 Å². The van der Waals surface area contributed by atoms with E-state index in [1.54, 1.807) is 0 Å². The summed E-state index contributed by atoms with van der Waals surface area (Å²) in [5.74, 6) is 0. The number of rotatable bonds is 12. The second-order valence-corrected chi connectivity index (χ2v) is 7.98. The van der Waals surface area contributed by atoms with Crippen LogP contribution in [-0.2, 0) is 45.7 Å². The Morgan fingerprint density at radius 1 is 0.600 bits per heavy atom. The van der Waals surface area contributed by atoms with Crippen LogP contribution in [-0.4, -0.2) is 44.6 Å². The van der Waals surface area contributed by atoms with Crippen molar-refractivity contribution in [2.75, 3.05) is 26.2 Å². The molecule has 0 bridgehead atoms. The van der Waals surface area contributed by atoms with E-state index in [-0.39, 0.29) is 20.4 Å². The Hall–Kier alpha value is 0.882. The van der Waals surface area contributed by atoms with Gasteiger partial charge >= 0.3 is 20.4 Å². The average Bonchev–Trinajstić information content (AvgIpc) is 2.55. The normalized spacial score (nSPS) is 9.44. The van der Waals surface area contributed by atoms with Gasteiger partial charge in [0.25, 0.3) is 0 Å². The number of unbranched alkanes of at least 4 members (excludes halogenated alkanes) is 4. The summed E-state index contributed by atoms with van der Waals surface area (Å²) in [4.78, 5) is 4.27. The molecule has 0 rings (SSSR count). The molecule has 0 aliphatic rings. The van der Waals surface area contributed by atoms with E-state index in [1.165, 1.54) is 51.4 Å². The van der Waals surface area contributed by atoms with Crippen LogP contribution >= 0.6 is 24.4 Å². The fourth-order valence-corrected chi connectivity index (χ4v) is 2.71. The molecule has 0 aromatic carbocycles. The van der Waals surface area contributed by atoms with Crippen molar-refractivity contribution < 1.29 is 20.4 Å². The van der Waals surface area contributed by atoms with Crippen molar-refractivity contribution in [2.24, 2.45) is 0 Å². The van der Waals surface area contributed by atoms with E-state index in [9.17, 15) is 0 Å². The molecule has 0 aromatic rings. The Balaban J connectivity index is -0.000000372. The van der Waals surface area contributed by atoms with Gasteiger partial charge < -0.3 is 59.5 Å². The predicted octanol–water partition coefficient (Wildman–Crippen LogP) is 5.44. The van der Waals surface area contributed by atoms with Crippen molar-refractivity contribution in [3.8, 4) is 0 Å². The summed E-state index contributed by atoms with van der Waals surface area (Å²) in [6, 6.07) is 0. The second-order valence-electron chi connectivity index (χ2n) is 5.92. The van der Waals surface area contributed by atoms with Crippen LogP contribution in [0.15, 0.2) is 0 Å². The van der Waals surface area contributed by atoms with Gasteiger partial charge in [0.05, 0.1) is 0 Å². The molecule has 152 valence electrons. The summed E-state index contributed by atoms with van der Waals surface area (Å²) in [7, 11) is 0. The van der Waals surface area contributed by atoms with Crippen molar-refractivity contribution in [3.05, 3.63) is 0 Å². The summed E-state index contributed by atoms with van der Waals surface area (Å²) in [5.41, 5.74) is 0. The first-order valence-corrected chi connectivity index (χ1v) is 11.0. The molecule has 0 atom stereocenters. The summed E-state index contributed by atoms with van der Waals surface area (Å²) < 4.78 is 1.27. The van der Waals surface area contributed by atoms with E-state index >= 15 is 0 Å². The molecule has 0 amide bonds. The minimum absolute atomic E-state index is 0. The van der Waals surface area contributed by atoms with Crippen molar-refractivity contribution >= 4 is 58.3 Å². The van der Waals surface area contributed by atoms with Crippen molar-refractivity contribution in [2.45, 2.75) is 79.1 Å². The standard InChI is InChI=1S/2C9H19NS2.Pd/c2*1-3-5-7-10(9(11)12)8-6-4-2;/h2*3-8H2,1-2H3,(H,11,12);/q;;+2/p-2. The van der Waals surface area contributed by atoms with Crippen molar-refractivity contribution in [3.63, 3.8) is 0 Å². The van der Waals surface area contributed by atoms with Crippen LogP contribution < -0.4 is 0 Å². The topological polar surface area (TPSA) is 6.48 Å². The molecular weight excluding hydrogens is 479 g/mol. The SMILES string of the molecule is CCCCN(CCCC)C(=S)[S-].CCCCN(CCCC)C(=S)[S-].[Pd+2]. The van der Waals surface area contributed by atoms with Crippen LogP contribution in [0, 0.1) is 0 Å². The zero-order valence-electron chi connectivity index (χ0n) is 16.3. The Kier molecular flexibility index (Phi) is 28.1. The molecule has 0 heterocycles. The third-order valence-corrected chi connectivity index (χ3v) is 4.68. The van der Waals surface area contributed by atoms with Gasteiger partial charge in [0.2, 0.25) is 0 Å². The van der Waals surface area contributed by atoms with Crippen molar-refractivity contribution in [1.29, 1.82) is 0 Å². The monoisotopic (exact) mass is 514 g/mol. The summed E-state index contributed by atoms with van der Waals surface area (Å²) in [5, 5.41) is 0. The smallest absolute Gasteiger partial charge is 0.411 e. The molecule has 0 aromatic heterocycles. The van der Waals surface area contributed by atoms with Gasteiger partial charge in [-0.1, -0.05) is 62.0 Å². The minimum atomic E-state index is 0. The molecule has 0 saturated heterocycles. The Bertz CT molecular complexity index is 271. The molecule has 0 unspecified atom stereocenters. The van der Waals surface area contributed by atoms with Crippen LogP contribution in [0.4, 0.5) is 0 Å². The maximum absolute atomic E-state index is 4.98. The molecular formula is C18H36N2PdS4. The number of thiocarbonyl (C=S) groups is 2. The second kappa shape index (κ2) is 22.9. The van der Waals surface area contributed by atoms with Crippen LogP contribution in [0.25, 0.3) is 0 Å². The molecule has 0 aliphatic heterocycles. The zero-order valence-corrected chi connectivity index (χ0v) is 21.1. The van der Waals surface area contributed by atoms with E-state index in [0.717, 1.165) is 26.2 Å². The van der Waals surface area contributed by atoms with E-state index in [4.69, 9.17) is 49.7 Å². The summed E-state index contributed by atoms with van der Waals surface area (Å²) in [6.07, 6.45) is 9.62. The fraction of sp³-hybridized carbons (Fsp3) is 0.889. The summed E-state index contributed by atoms with van der Waals surface area (Å²) in [6.45, 7) is 12.9. The van der Waals surface area contributed by atoms with E-state index < -0.39 is 0 Å². The van der Waals surface area contributed by atoms with Crippen LogP contribution in [0.3, 0.4) is 0 Å². The van der Waals surface area contributed by atoms with E-state index in [1.807, 2.05) is 0 Å². The number of nitrogens with zero attached hydrogens (tertiary/aromatic N) is 2. The van der Waals surface area contributed by atoms with Crippen LogP contribution in [0.1, 0.15) is 79.1 Å². The van der Waals surface area contributed by atoms with Gasteiger partial charge in [0.1, 0.15) is 0 Å². The molecule has 0 radical (unpaired) electrons. The molecule has 0 fully saturated rings. The van der Waals surface area contributed by atoms with E-state index in [2.05, 4.69) is 37.5 Å². The Morgan fingerprint density at radius 2 is 0.800 bits per heavy atom. The number of hydrogen-bond acceptors (Lipinski definition) is 4. The fourth-order valence-electron chi connectivity index (χ4n) is 1.98. The predicted molar refractivity (Wildman–Crippen MR) is 123 cm³/mol. The number of hydrogen-bond donors (Lipinski definition) is 0. The maximum Gasteiger partial charge on any atom is 2.00 e. The third kappa shape index (κ3) is 21.0. The Morgan fingerprint density at radius 3 is 0.920 bits per heavy atom. The molecule has 0 saturated carbocycles. The molecule has 0 N–H and O–H groups in total. The largest absolute Gasteiger partial charge is 2.00 e. The van der Waals surface area contributed by atoms with Crippen LogP contribution in [0.2, 0.25) is 0 Å². The first kappa shape index (κ1) is 30.6. The van der Waals surface area contributed by atoms with Gasteiger partial charge in [-0.05, 0) is 25.7 Å². The maximum atomic E-state index is 4.98. The minimum Gasteiger partial charge on any atom is -0.411 e. The van der Waals surface area contributed by atoms with Crippen molar-refractivity contribution in [1.82, 2.24) is 9.80 Å². The van der Waals surface area contributed by atoms with Gasteiger partial charge in [-0.25, -0.2) is 0 Å². The molecule has 0 spiro atoms. The molecule has 2 nitrogen and oxygen atoms in total. The average molecular weight is 515 g/mol. The van der Waals surface area contributed by atoms with Gasteiger partial charge in [0.15, 0.2) is 0 Å². The first-order chi connectivity index (χ1) is 11.4. The van der Waals surface area contributed by atoms with Gasteiger partial charge in [0, 0.05) is 26.2 Å². The molecule has 7 heteroatoms. The molecule has 0 aliphatic carbocycles. The van der Waals surface area contributed by atoms with Gasteiger partial charge in [-0.2, -0.15) is 0 Å². The van der Waals surface area contributed by atoms with Gasteiger partial charge in [-0.3, -0.25) is 0 Å². The quantitative estimate of drug-likeness (QED) is 0.193. The third-order valence-electron chi connectivity index (χ3n) is 3.64. The van der Waals surface area contributed by atoms with Crippen LogP contribution in [0.5, 0.6) is 0 Å². The zero-order chi connectivity index (χ0) is 18.8. The van der Waals surface area contributed by atoms with Gasteiger partial charge in [-0.15, -0.1) is 0 Å².